The average molecular weight is 795 g/mol. The first-order chi connectivity index (χ1) is 26.9. The van der Waals surface area contributed by atoms with Crippen molar-refractivity contribution in [2.75, 3.05) is 51.2 Å². The lowest BCUT2D eigenvalue weighted by Crippen LogP contribution is -2.09. The first kappa shape index (κ1) is 39.0. The highest BCUT2D eigenvalue weighted by Gasteiger charge is 2.18. The maximum absolute atomic E-state index is 13.0. The number of nitrogens with zero attached hydrogens (tertiary/aromatic N) is 6. The summed E-state index contributed by atoms with van der Waals surface area (Å²) in [6.07, 6.45) is 3.90. The van der Waals surface area contributed by atoms with Crippen molar-refractivity contribution in [2.45, 2.75) is 23.6 Å². The highest BCUT2D eigenvalue weighted by molar-refractivity contribution is 7.90. The van der Waals surface area contributed by atoms with Crippen LogP contribution in [0, 0.1) is 0 Å². The molecule has 2 aromatic heterocycles. The molecule has 0 spiro atoms. The van der Waals surface area contributed by atoms with Gasteiger partial charge in [-0.3, -0.25) is 4.55 Å². The number of para-hydroxylation sites is 2. The second-order valence-electron chi connectivity index (χ2n) is 12.0. The van der Waals surface area contributed by atoms with Crippen molar-refractivity contribution in [1.29, 1.82) is 0 Å². The molecule has 2 heterocycles. The molecule has 6 aromatic rings. The van der Waals surface area contributed by atoms with E-state index < -0.39 is 24.9 Å². The van der Waals surface area contributed by atoms with Gasteiger partial charge in [0.05, 0.1) is 4.90 Å². The molecule has 0 radical (unpaired) electrons. The summed E-state index contributed by atoms with van der Waals surface area (Å²) in [7, 11) is -8.56. The maximum Gasteiger partial charge on any atom is 0.295 e. The number of nitrogens with one attached hydrogen (secondary N) is 6. The van der Waals surface area contributed by atoms with Crippen LogP contribution in [0.1, 0.15) is 25.0 Å². The smallest absolute Gasteiger partial charge is 0.295 e. The molecule has 0 aliphatic carbocycles. The van der Waals surface area contributed by atoms with Gasteiger partial charge in [0.15, 0.2) is 9.84 Å². The van der Waals surface area contributed by atoms with Gasteiger partial charge in [0.2, 0.25) is 35.7 Å². The van der Waals surface area contributed by atoms with Crippen LogP contribution < -0.4 is 31.9 Å². The Kier molecular flexibility index (Phi) is 12.0. The normalized spacial score (nSPS) is 11.6. The summed E-state index contributed by atoms with van der Waals surface area (Å²) in [6.45, 7) is 4.87. The lowest BCUT2D eigenvalue weighted by molar-refractivity contribution is 0.483. The van der Waals surface area contributed by atoms with Crippen LogP contribution in [0.2, 0.25) is 0 Å². The van der Waals surface area contributed by atoms with Crippen molar-refractivity contribution in [1.82, 2.24) is 29.9 Å². The Balaban J connectivity index is 1.27. The third-order valence-corrected chi connectivity index (χ3v) is 9.72. The van der Waals surface area contributed by atoms with Crippen LogP contribution in [-0.4, -0.2) is 70.6 Å². The summed E-state index contributed by atoms with van der Waals surface area (Å²) in [5.74, 6) is 1.33. The van der Waals surface area contributed by atoms with E-state index in [0.717, 1.165) is 17.6 Å². The molecule has 17 nitrogen and oxygen atoms in total. The van der Waals surface area contributed by atoms with Gasteiger partial charge in [0.25, 0.3) is 10.1 Å². The van der Waals surface area contributed by atoms with Gasteiger partial charge >= 0.3 is 0 Å². The minimum absolute atomic E-state index is 0.0553. The standard InChI is InChI=1S/C37H38N12O5S2/c1-4-38-32-44-34(40-26-12-8-6-9-13-26)48-36(46-32)42-28-20-18-24(30(22-28)55(3,50)51)16-17-25-19-21-29(23-31(25)56(52,53)54)43-37-47-33(39-5-2)45-35(49-37)41-27-14-10-7-11-15-27/h6-23H,4-5H2,1-3H3,(H,52,53,54)(H3,38,40,42,44,46,48)(H3,39,41,43,45,47,49). The monoisotopic (exact) mass is 794 g/mol. The van der Waals surface area contributed by atoms with Gasteiger partial charge in [-0.15, -0.1) is 0 Å². The van der Waals surface area contributed by atoms with Crippen LogP contribution >= 0.6 is 0 Å². The number of hydrogen-bond acceptors (Lipinski definition) is 16. The average Bonchev–Trinajstić information content (AvgIpc) is 3.15. The van der Waals surface area contributed by atoms with Gasteiger partial charge in [-0.1, -0.05) is 60.7 Å². The van der Waals surface area contributed by atoms with Gasteiger partial charge in [0, 0.05) is 42.1 Å². The molecule has 56 heavy (non-hydrogen) atoms. The molecule has 0 aliphatic rings. The van der Waals surface area contributed by atoms with Gasteiger partial charge in [-0.25, -0.2) is 8.42 Å². The fourth-order valence-corrected chi connectivity index (χ4v) is 6.85. The molecular formula is C37H38N12O5S2. The van der Waals surface area contributed by atoms with E-state index in [4.69, 9.17) is 0 Å². The van der Waals surface area contributed by atoms with E-state index in [1.165, 1.54) is 30.4 Å². The molecule has 4 aromatic carbocycles. The summed E-state index contributed by atoms with van der Waals surface area (Å²) < 4.78 is 61.4. The van der Waals surface area contributed by atoms with Gasteiger partial charge in [-0.2, -0.15) is 38.3 Å². The number of anilines is 10. The molecule has 288 valence electrons. The molecular weight excluding hydrogens is 757 g/mol. The lowest BCUT2D eigenvalue weighted by atomic mass is 10.1. The number of hydrogen-bond donors (Lipinski definition) is 7. The van der Waals surface area contributed by atoms with Crippen LogP contribution in [0.25, 0.3) is 12.2 Å². The van der Waals surface area contributed by atoms with Crippen molar-refractivity contribution in [3.05, 3.63) is 108 Å². The van der Waals surface area contributed by atoms with E-state index in [2.05, 4.69) is 61.8 Å². The Morgan fingerprint density at radius 1 is 0.500 bits per heavy atom. The van der Waals surface area contributed by atoms with E-state index in [9.17, 15) is 21.4 Å². The Morgan fingerprint density at radius 3 is 1.23 bits per heavy atom. The predicted molar refractivity (Wildman–Crippen MR) is 219 cm³/mol. The number of aromatic nitrogens is 6. The Bertz CT molecular complexity index is 2400. The lowest BCUT2D eigenvalue weighted by Gasteiger charge is -2.13. The number of rotatable bonds is 16. The van der Waals surface area contributed by atoms with Crippen molar-refractivity contribution >= 4 is 90.5 Å². The molecule has 0 fully saturated rings. The number of benzene rings is 4. The summed E-state index contributed by atoms with van der Waals surface area (Å²) >= 11 is 0. The SMILES string of the molecule is CCNc1nc(Nc2ccccc2)nc(Nc2ccc(C=Cc3ccc(Nc4nc(NCC)nc(Nc5ccccc5)n4)cc3S(=O)(=O)O)c(S(C)(=O)=O)c2)n1. The van der Waals surface area contributed by atoms with Crippen molar-refractivity contribution in [2.24, 2.45) is 0 Å². The largest absolute Gasteiger partial charge is 0.354 e. The van der Waals surface area contributed by atoms with Crippen LogP contribution in [0.4, 0.5) is 58.4 Å². The zero-order valence-electron chi connectivity index (χ0n) is 30.4. The second-order valence-corrected chi connectivity index (χ2v) is 15.4. The predicted octanol–water partition coefficient (Wildman–Crippen LogP) is 6.72. The fraction of sp³-hybridized carbons (Fsp3) is 0.135. The Hall–Kier alpha value is -6.70. The summed E-state index contributed by atoms with van der Waals surface area (Å²) in [5.41, 5.74) is 2.48. The fourth-order valence-electron chi connectivity index (χ4n) is 5.23. The van der Waals surface area contributed by atoms with Crippen molar-refractivity contribution < 1.29 is 21.4 Å². The molecule has 19 heteroatoms. The first-order valence-electron chi connectivity index (χ1n) is 17.2. The molecule has 0 unspecified atom stereocenters. The molecule has 6 rings (SSSR count). The number of sulfone groups is 1. The maximum atomic E-state index is 13.0. The zero-order chi connectivity index (χ0) is 39.7. The molecule has 0 saturated carbocycles. The Morgan fingerprint density at radius 2 is 0.857 bits per heavy atom. The molecule has 0 aliphatic heterocycles. The van der Waals surface area contributed by atoms with Crippen LogP contribution in [-0.2, 0) is 20.0 Å². The molecule has 0 saturated heterocycles. The minimum atomic E-state index is -4.76. The topological polar surface area (TPSA) is 238 Å². The van der Waals surface area contributed by atoms with Crippen molar-refractivity contribution in [3.63, 3.8) is 0 Å². The van der Waals surface area contributed by atoms with Gasteiger partial charge < -0.3 is 31.9 Å². The first-order valence-corrected chi connectivity index (χ1v) is 20.5. The molecule has 0 bridgehead atoms. The van der Waals surface area contributed by atoms with E-state index in [0.29, 0.717) is 24.7 Å². The third kappa shape index (κ3) is 10.5. The van der Waals surface area contributed by atoms with Crippen LogP contribution in [0.3, 0.4) is 0 Å². The molecule has 0 atom stereocenters. The highest BCUT2D eigenvalue weighted by Crippen LogP contribution is 2.29. The van der Waals surface area contributed by atoms with E-state index >= 15 is 0 Å². The van der Waals surface area contributed by atoms with Gasteiger partial charge in [0.1, 0.15) is 4.90 Å². The van der Waals surface area contributed by atoms with Crippen molar-refractivity contribution in [3.8, 4) is 0 Å². The summed E-state index contributed by atoms with van der Waals surface area (Å²) in [5, 5.41) is 18.4. The van der Waals surface area contributed by atoms with E-state index in [-0.39, 0.29) is 51.5 Å². The zero-order valence-corrected chi connectivity index (χ0v) is 32.0. The van der Waals surface area contributed by atoms with Crippen LogP contribution in [0.15, 0.2) is 107 Å². The summed E-state index contributed by atoms with van der Waals surface area (Å²) in [4.78, 5) is 25.9. The summed E-state index contributed by atoms with van der Waals surface area (Å²) in [6, 6.07) is 27.5. The minimum Gasteiger partial charge on any atom is -0.354 e. The second kappa shape index (κ2) is 17.2. The molecule has 0 amide bonds. The Labute approximate surface area is 323 Å². The molecule has 7 N–H and O–H groups in total. The quantitative estimate of drug-likeness (QED) is 0.0398. The van der Waals surface area contributed by atoms with E-state index in [1.54, 1.807) is 18.2 Å². The van der Waals surface area contributed by atoms with E-state index in [1.807, 2.05) is 74.5 Å². The van der Waals surface area contributed by atoms with Gasteiger partial charge in [-0.05, 0) is 73.5 Å². The van der Waals surface area contributed by atoms with Crippen LogP contribution in [0.5, 0.6) is 0 Å². The highest BCUT2D eigenvalue weighted by atomic mass is 32.2. The third-order valence-electron chi connectivity index (χ3n) is 7.66.